The third-order valence-corrected chi connectivity index (χ3v) is 2.57. The largest absolute Gasteiger partial charge is 0.478 e. The Morgan fingerprint density at radius 1 is 1.10 bits per heavy atom. The maximum absolute atomic E-state index is 11.4. The van der Waals surface area contributed by atoms with Crippen molar-refractivity contribution in [1.29, 1.82) is 0 Å². The number of hydrogen-bond donors (Lipinski definition) is 4. The number of carboxylic acid groups (broad SMARTS) is 1. The van der Waals surface area contributed by atoms with E-state index in [-0.39, 0.29) is 37.0 Å². The molecule has 0 aliphatic carbocycles. The van der Waals surface area contributed by atoms with Gasteiger partial charge >= 0.3 is 12.0 Å². The fourth-order valence-corrected chi connectivity index (χ4v) is 1.42. The first-order chi connectivity index (χ1) is 9.52. The van der Waals surface area contributed by atoms with Gasteiger partial charge in [0, 0.05) is 26.6 Å². The van der Waals surface area contributed by atoms with Crippen LogP contribution in [0.3, 0.4) is 0 Å². The molecule has 1 aromatic rings. The molecule has 1 rings (SSSR count). The smallest absolute Gasteiger partial charge is 0.335 e. The Hall–Kier alpha value is -2.57. The maximum atomic E-state index is 11.4. The molecule has 108 valence electrons. The van der Waals surface area contributed by atoms with E-state index in [0.29, 0.717) is 0 Å². The zero-order chi connectivity index (χ0) is 15.0. The van der Waals surface area contributed by atoms with Crippen molar-refractivity contribution in [2.24, 2.45) is 0 Å². The number of rotatable bonds is 6. The summed E-state index contributed by atoms with van der Waals surface area (Å²) in [7, 11) is 1.53. The molecule has 0 radical (unpaired) electrons. The van der Waals surface area contributed by atoms with E-state index < -0.39 is 5.97 Å². The third kappa shape index (κ3) is 5.38. The normalized spacial score (nSPS) is 9.65. The average molecular weight is 279 g/mol. The summed E-state index contributed by atoms with van der Waals surface area (Å²) in [5, 5.41) is 16.3. The molecule has 0 atom stereocenters. The summed E-state index contributed by atoms with van der Waals surface area (Å²) in [5.41, 5.74) is 0.986. The highest BCUT2D eigenvalue weighted by Crippen LogP contribution is 2.03. The van der Waals surface area contributed by atoms with Gasteiger partial charge in [0.05, 0.1) is 5.56 Å². The molecular weight excluding hydrogens is 262 g/mol. The van der Waals surface area contributed by atoms with Crippen molar-refractivity contribution in [2.45, 2.75) is 13.0 Å². The van der Waals surface area contributed by atoms with Crippen molar-refractivity contribution in [2.75, 3.05) is 13.6 Å². The average Bonchev–Trinajstić information content (AvgIpc) is 2.45. The molecule has 0 aliphatic heterocycles. The molecule has 0 saturated heterocycles. The highest BCUT2D eigenvalue weighted by molar-refractivity contribution is 5.87. The molecule has 20 heavy (non-hydrogen) atoms. The van der Waals surface area contributed by atoms with Gasteiger partial charge in [-0.25, -0.2) is 9.59 Å². The molecular formula is C13H17N3O4. The summed E-state index contributed by atoms with van der Waals surface area (Å²) in [6.45, 7) is 0.537. The van der Waals surface area contributed by atoms with Crippen LogP contribution in [-0.2, 0) is 11.3 Å². The number of hydrogen-bond acceptors (Lipinski definition) is 3. The number of carboxylic acids is 1. The van der Waals surface area contributed by atoms with Crippen molar-refractivity contribution >= 4 is 17.9 Å². The first-order valence-electron chi connectivity index (χ1n) is 6.07. The van der Waals surface area contributed by atoms with E-state index >= 15 is 0 Å². The Balaban J connectivity index is 2.30. The maximum Gasteiger partial charge on any atom is 0.335 e. The molecule has 0 heterocycles. The van der Waals surface area contributed by atoms with Crippen LogP contribution in [0.5, 0.6) is 0 Å². The fraction of sp³-hybridized carbons (Fsp3) is 0.308. The Labute approximate surface area is 116 Å². The van der Waals surface area contributed by atoms with Gasteiger partial charge < -0.3 is 21.1 Å². The van der Waals surface area contributed by atoms with Gasteiger partial charge in [-0.15, -0.1) is 0 Å². The molecule has 0 unspecified atom stereocenters. The van der Waals surface area contributed by atoms with E-state index in [4.69, 9.17) is 5.11 Å². The van der Waals surface area contributed by atoms with Crippen LogP contribution in [0.2, 0.25) is 0 Å². The second-order valence-corrected chi connectivity index (χ2v) is 4.03. The molecule has 0 aromatic heterocycles. The summed E-state index contributed by atoms with van der Waals surface area (Å²) < 4.78 is 0. The lowest BCUT2D eigenvalue weighted by Gasteiger charge is -2.07. The number of carbonyl (C=O) groups is 3. The standard InChI is InChI=1S/C13H17N3O4/c1-14-11(17)6-7-15-13(20)16-8-9-2-4-10(5-3-9)12(18)19/h2-5H,6-8H2,1H3,(H,14,17)(H,18,19)(H2,15,16,20). The zero-order valence-electron chi connectivity index (χ0n) is 11.1. The summed E-state index contributed by atoms with van der Waals surface area (Å²) in [4.78, 5) is 33.0. The van der Waals surface area contributed by atoms with Crippen molar-refractivity contribution in [1.82, 2.24) is 16.0 Å². The van der Waals surface area contributed by atoms with Gasteiger partial charge in [-0.3, -0.25) is 4.79 Å². The van der Waals surface area contributed by atoms with E-state index in [1.165, 1.54) is 19.2 Å². The first-order valence-corrected chi connectivity index (χ1v) is 6.07. The number of nitrogens with one attached hydrogen (secondary N) is 3. The monoisotopic (exact) mass is 279 g/mol. The van der Waals surface area contributed by atoms with Gasteiger partial charge in [0.2, 0.25) is 5.91 Å². The second kappa shape index (κ2) is 7.78. The number of carbonyl (C=O) groups excluding carboxylic acids is 2. The molecule has 7 nitrogen and oxygen atoms in total. The zero-order valence-corrected chi connectivity index (χ0v) is 11.1. The summed E-state index contributed by atoms with van der Waals surface area (Å²) in [6, 6.07) is 5.84. The predicted molar refractivity (Wildman–Crippen MR) is 72.3 cm³/mol. The van der Waals surface area contributed by atoms with Gasteiger partial charge in [-0.2, -0.15) is 0 Å². The predicted octanol–water partition coefficient (Wildman–Crippen LogP) is 0.320. The van der Waals surface area contributed by atoms with Gasteiger partial charge in [-0.05, 0) is 17.7 Å². The van der Waals surface area contributed by atoms with E-state index in [1.54, 1.807) is 12.1 Å². The lowest BCUT2D eigenvalue weighted by Crippen LogP contribution is -2.37. The van der Waals surface area contributed by atoms with E-state index in [1.807, 2.05) is 0 Å². The van der Waals surface area contributed by atoms with Crippen LogP contribution < -0.4 is 16.0 Å². The van der Waals surface area contributed by atoms with Gasteiger partial charge in [0.1, 0.15) is 0 Å². The molecule has 0 fully saturated rings. The van der Waals surface area contributed by atoms with Gasteiger partial charge in [0.15, 0.2) is 0 Å². The van der Waals surface area contributed by atoms with Crippen molar-refractivity contribution in [3.05, 3.63) is 35.4 Å². The second-order valence-electron chi connectivity index (χ2n) is 4.03. The molecule has 0 bridgehead atoms. The SMILES string of the molecule is CNC(=O)CCNC(=O)NCc1ccc(C(=O)O)cc1. The van der Waals surface area contributed by atoms with E-state index in [2.05, 4.69) is 16.0 Å². The molecule has 0 saturated carbocycles. The number of aromatic carboxylic acids is 1. The Morgan fingerprint density at radius 3 is 2.30 bits per heavy atom. The Morgan fingerprint density at radius 2 is 1.75 bits per heavy atom. The van der Waals surface area contributed by atoms with Crippen molar-refractivity contribution < 1.29 is 19.5 Å². The minimum absolute atomic E-state index is 0.144. The van der Waals surface area contributed by atoms with Crippen LogP contribution in [0.25, 0.3) is 0 Å². The topological polar surface area (TPSA) is 108 Å². The molecule has 0 spiro atoms. The van der Waals surface area contributed by atoms with Crippen LogP contribution in [0.4, 0.5) is 4.79 Å². The molecule has 1 aromatic carbocycles. The lowest BCUT2D eigenvalue weighted by atomic mass is 10.1. The van der Waals surface area contributed by atoms with Crippen LogP contribution >= 0.6 is 0 Å². The van der Waals surface area contributed by atoms with Crippen LogP contribution in [0.1, 0.15) is 22.3 Å². The quantitative estimate of drug-likeness (QED) is 0.601. The van der Waals surface area contributed by atoms with Gasteiger partial charge in [0.25, 0.3) is 0 Å². The summed E-state index contributed by atoms with van der Waals surface area (Å²) in [6.07, 6.45) is 0.219. The molecule has 3 amide bonds. The van der Waals surface area contributed by atoms with Crippen molar-refractivity contribution in [3.63, 3.8) is 0 Å². The van der Waals surface area contributed by atoms with E-state index in [9.17, 15) is 14.4 Å². The fourth-order valence-electron chi connectivity index (χ4n) is 1.42. The van der Waals surface area contributed by atoms with Crippen LogP contribution in [0, 0.1) is 0 Å². The number of benzene rings is 1. The van der Waals surface area contributed by atoms with Crippen LogP contribution in [0.15, 0.2) is 24.3 Å². The third-order valence-electron chi connectivity index (χ3n) is 2.57. The highest BCUT2D eigenvalue weighted by Gasteiger charge is 2.04. The van der Waals surface area contributed by atoms with E-state index in [0.717, 1.165) is 5.56 Å². The first kappa shape index (κ1) is 15.5. The summed E-state index contributed by atoms with van der Waals surface area (Å²) >= 11 is 0. The minimum atomic E-state index is -0.989. The van der Waals surface area contributed by atoms with Gasteiger partial charge in [-0.1, -0.05) is 12.1 Å². The highest BCUT2D eigenvalue weighted by atomic mass is 16.4. The number of urea groups is 1. The molecule has 7 heteroatoms. The number of amides is 3. The molecule has 4 N–H and O–H groups in total. The minimum Gasteiger partial charge on any atom is -0.478 e. The Kier molecular flexibility index (Phi) is 6.02. The molecule has 0 aliphatic rings. The lowest BCUT2D eigenvalue weighted by molar-refractivity contribution is -0.120. The Bertz CT molecular complexity index is 485. The summed E-state index contributed by atoms with van der Waals surface area (Å²) in [5.74, 6) is -1.13. The van der Waals surface area contributed by atoms with Crippen LogP contribution in [-0.4, -0.2) is 36.6 Å². The van der Waals surface area contributed by atoms with Crippen molar-refractivity contribution in [3.8, 4) is 0 Å².